The minimum Gasteiger partial charge on any atom is -0.255 e. The molecule has 1 aliphatic carbocycles. The second-order valence-corrected chi connectivity index (χ2v) is 10.5. The Balaban J connectivity index is 1.24. The molecule has 0 saturated heterocycles. The third-order valence-corrected chi connectivity index (χ3v) is 7.86. The van der Waals surface area contributed by atoms with Crippen LogP contribution in [0.25, 0.3) is 55.9 Å². The van der Waals surface area contributed by atoms with E-state index in [0.29, 0.717) is 0 Å². The maximum absolute atomic E-state index is 5.27. The summed E-state index contributed by atoms with van der Waals surface area (Å²) in [4.78, 5) is 24.3. The minimum atomic E-state index is 0.219. The van der Waals surface area contributed by atoms with Crippen molar-refractivity contribution in [1.82, 2.24) is 19.9 Å². The molecule has 0 amide bonds. The van der Waals surface area contributed by atoms with Crippen molar-refractivity contribution in [2.75, 3.05) is 0 Å². The van der Waals surface area contributed by atoms with Crippen molar-refractivity contribution in [3.63, 3.8) is 0 Å². The summed E-state index contributed by atoms with van der Waals surface area (Å²) in [5, 5.41) is 2.25. The molecule has 5 heterocycles. The first-order chi connectivity index (χ1) is 20.8. The van der Waals surface area contributed by atoms with Crippen LogP contribution in [0.1, 0.15) is 18.0 Å². The van der Waals surface area contributed by atoms with Crippen LogP contribution >= 0.6 is 0 Å². The number of nitrogens with zero attached hydrogens (tertiary/aromatic N) is 5. The van der Waals surface area contributed by atoms with E-state index in [1.54, 1.807) is 12.4 Å². The van der Waals surface area contributed by atoms with Crippen molar-refractivity contribution < 1.29 is 0 Å². The summed E-state index contributed by atoms with van der Waals surface area (Å²) in [6, 6.07) is 33.1. The molecule has 8 rings (SSSR count). The molecule has 0 radical (unpaired) electrons. The molecular formula is C37H25N5. The van der Waals surface area contributed by atoms with Crippen LogP contribution in [0, 0.1) is 0 Å². The van der Waals surface area contributed by atoms with Crippen LogP contribution in [-0.2, 0) is 0 Å². The maximum Gasteiger partial charge on any atom is 0.0933 e. The largest absolute Gasteiger partial charge is 0.255 e. The number of allylic oxidation sites excluding steroid dienone is 4. The van der Waals surface area contributed by atoms with E-state index in [1.807, 2.05) is 36.4 Å². The highest BCUT2D eigenvalue weighted by molar-refractivity contribution is 6.07. The van der Waals surface area contributed by atoms with Gasteiger partial charge in [0.25, 0.3) is 0 Å². The Hall–Kier alpha value is -5.55. The first-order valence-electron chi connectivity index (χ1n) is 14.1. The average Bonchev–Trinajstić information content (AvgIpc) is 3.27. The SMILES string of the molecule is C1=CC2=Nc3c(nc(-c4ccc(-c5cc(-c6ccccn6)nc(-c6ccccn6)c5)cc4)c4ccccc34)[C@@H](C=C1)C2. The van der Waals surface area contributed by atoms with Crippen LogP contribution in [0.4, 0.5) is 5.69 Å². The fraction of sp³-hybridized carbons (Fsp3) is 0.0541. The van der Waals surface area contributed by atoms with Gasteiger partial charge in [0.1, 0.15) is 0 Å². The van der Waals surface area contributed by atoms with E-state index in [-0.39, 0.29) is 5.92 Å². The zero-order valence-corrected chi connectivity index (χ0v) is 22.7. The van der Waals surface area contributed by atoms with Gasteiger partial charge in [0.05, 0.1) is 39.9 Å². The highest BCUT2D eigenvalue weighted by Gasteiger charge is 2.26. The standard InChI is InChI=1S/C37H25N5/c1-2-10-28-21-26(9-1)36-37(40-28)30-12-4-3-11-29(30)35(42-36)25-17-15-24(16-18-25)27-22-33(31-13-5-7-19-38-31)41-34(23-27)32-14-6-8-20-39-32/h1-20,22-23,26H,21H2/t26-/m0/s1. The molecule has 198 valence electrons. The van der Waals surface area contributed by atoms with Gasteiger partial charge < -0.3 is 0 Å². The second-order valence-electron chi connectivity index (χ2n) is 10.5. The Morgan fingerprint density at radius 1 is 0.571 bits per heavy atom. The molecule has 1 aliphatic heterocycles. The average molecular weight is 540 g/mol. The molecule has 2 bridgehead atoms. The van der Waals surface area contributed by atoms with E-state index in [0.717, 1.165) is 79.4 Å². The first kappa shape index (κ1) is 24.3. The number of rotatable bonds is 4. The van der Waals surface area contributed by atoms with Gasteiger partial charge in [0.2, 0.25) is 0 Å². The van der Waals surface area contributed by atoms with Crippen LogP contribution < -0.4 is 0 Å². The third-order valence-electron chi connectivity index (χ3n) is 7.86. The second kappa shape index (κ2) is 10.1. The van der Waals surface area contributed by atoms with Gasteiger partial charge in [-0.05, 0) is 53.6 Å². The van der Waals surface area contributed by atoms with Crippen LogP contribution in [0.5, 0.6) is 0 Å². The Morgan fingerprint density at radius 3 is 1.93 bits per heavy atom. The number of benzene rings is 2. The molecule has 4 aromatic heterocycles. The number of fused-ring (bicyclic) bond motifs is 6. The number of hydrogen-bond donors (Lipinski definition) is 0. The lowest BCUT2D eigenvalue weighted by Gasteiger charge is -2.22. The molecule has 0 spiro atoms. The van der Waals surface area contributed by atoms with Gasteiger partial charge in [-0.1, -0.05) is 78.9 Å². The van der Waals surface area contributed by atoms with Crippen molar-refractivity contribution in [3.05, 3.63) is 139 Å². The maximum atomic E-state index is 5.27. The predicted octanol–water partition coefficient (Wildman–Crippen LogP) is 8.77. The van der Waals surface area contributed by atoms with E-state index in [9.17, 15) is 0 Å². The summed E-state index contributed by atoms with van der Waals surface area (Å²) >= 11 is 0. The van der Waals surface area contributed by atoms with E-state index in [4.69, 9.17) is 15.0 Å². The van der Waals surface area contributed by atoms with Crippen molar-refractivity contribution in [2.24, 2.45) is 4.99 Å². The Labute approximate surface area is 243 Å². The summed E-state index contributed by atoms with van der Waals surface area (Å²) < 4.78 is 0. The molecule has 6 aromatic rings. The summed E-state index contributed by atoms with van der Waals surface area (Å²) in [7, 11) is 0. The van der Waals surface area contributed by atoms with Crippen LogP contribution in [0.3, 0.4) is 0 Å². The zero-order valence-electron chi connectivity index (χ0n) is 22.7. The number of pyridine rings is 4. The van der Waals surface area contributed by atoms with E-state index in [2.05, 4.69) is 94.9 Å². The lowest BCUT2D eigenvalue weighted by Crippen LogP contribution is -2.10. The first-order valence-corrected chi connectivity index (χ1v) is 14.1. The Morgan fingerprint density at radius 2 is 1.24 bits per heavy atom. The Kier molecular flexibility index (Phi) is 5.85. The molecule has 5 heteroatoms. The zero-order chi connectivity index (χ0) is 27.9. The van der Waals surface area contributed by atoms with Gasteiger partial charge in [-0.2, -0.15) is 0 Å². The lowest BCUT2D eigenvalue weighted by molar-refractivity contribution is 0.841. The van der Waals surface area contributed by atoms with Crippen LogP contribution in [0.2, 0.25) is 0 Å². The molecule has 5 nitrogen and oxygen atoms in total. The summed E-state index contributed by atoms with van der Waals surface area (Å²) in [6.45, 7) is 0. The van der Waals surface area contributed by atoms with E-state index in [1.165, 1.54) is 0 Å². The topological polar surface area (TPSA) is 63.9 Å². The molecule has 0 unspecified atom stereocenters. The Bertz CT molecular complexity index is 1990. The summed E-state index contributed by atoms with van der Waals surface area (Å²) in [6.07, 6.45) is 13.0. The van der Waals surface area contributed by atoms with Gasteiger partial charge in [-0.15, -0.1) is 0 Å². The molecular weight excluding hydrogens is 514 g/mol. The molecule has 0 N–H and O–H groups in total. The molecule has 0 fully saturated rings. The highest BCUT2D eigenvalue weighted by atomic mass is 14.9. The molecule has 0 saturated carbocycles. The smallest absolute Gasteiger partial charge is 0.0933 e. The van der Waals surface area contributed by atoms with Crippen LogP contribution in [-0.4, -0.2) is 25.6 Å². The molecule has 42 heavy (non-hydrogen) atoms. The molecule has 2 aliphatic rings. The molecule has 2 aromatic carbocycles. The number of aliphatic imine (C=N–C) groups is 1. The van der Waals surface area contributed by atoms with Gasteiger partial charge in [-0.25, -0.2) is 9.97 Å². The van der Waals surface area contributed by atoms with Crippen LogP contribution in [0.15, 0.2) is 139 Å². The fourth-order valence-corrected chi connectivity index (χ4v) is 5.81. The fourth-order valence-electron chi connectivity index (χ4n) is 5.81. The van der Waals surface area contributed by atoms with Crippen molar-refractivity contribution in [2.45, 2.75) is 12.3 Å². The highest BCUT2D eigenvalue weighted by Crippen LogP contribution is 2.43. The molecule has 1 atom stereocenters. The minimum absolute atomic E-state index is 0.219. The number of aromatic nitrogens is 4. The van der Waals surface area contributed by atoms with Gasteiger partial charge >= 0.3 is 0 Å². The van der Waals surface area contributed by atoms with E-state index >= 15 is 0 Å². The predicted molar refractivity (Wildman–Crippen MR) is 170 cm³/mol. The van der Waals surface area contributed by atoms with Gasteiger partial charge in [-0.3, -0.25) is 15.0 Å². The summed E-state index contributed by atoms with van der Waals surface area (Å²) in [5.41, 5.74) is 10.6. The van der Waals surface area contributed by atoms with Crippen molar-refractivity contribution in [3.8, 4) is 45.2 Å². The van der Waals surface area contributed by atoms with Crippen molar-refractivity contribution >= 4 is 22.2 Å². The van der Waals surface area contributed by atoms with Crippen molar-refractivity contribution in [1.29, 1.82) is 0 Å². The summed E-state index contributed by atoms with van der Waals surface area (Å²) in [5.74, 6) is 0.219. The quantitative estimate of drug-likeness (QED) is 0.225. The third kappa shape index (κ3) is 4.32. The van der Waals surface area contributed by atoms with Gasteiger partial charge in [0.15, 0.2) is 0 Å². The lowest BCUT2D eigenvalue weighted by atomic mass is 9.90. The monoisotopic (exact) mass is 539 g/mol. The van der Waals surface area contributed by atoms with E-state index < -0.39 is 0 Å². The van der Waals surface area contributed by atoms with Gasteiger partial charge in [0, 0.05) is 46.8 Å². The normalized spacial score (nSPS) is 15.2. The number of hydrogen-bond acceptors (Lipinski definition) is 5.